The Bertz CT molecular complexity index is 2200. The fourth-order valence-electron chi connectivity index (χ4n) is 8.29. The Morgan fingerprint density at radius 1 is 1.02 bits per heavy atom. The van der Waals surface area contributed by atoms with E-state index in [1.54, 1.807) is 25.6 Å². The zero-order chi connectivity index (χ0) is 37.8. The van der Waals surface area contributed by atoms with Crippen LogP contribution >= 0.6 is 0 Å². The number of hydrogen-bond acceptors (Lipinski definition) is 7. The Morgan fingerprint density at radius 2 is 1.74 bits per heavy atom. The quantitative estimate of drug-likeness (QED) is 0.219. The monoisotopic (exact) mass is 742 g/mol. The van der Waals surface area contributed by atoms with Crippen LogP contribution < -0.4 is 9.46 Å². The molecule has 1 saturated carbocycles. The lowest BCUT2D eigenvalue weighted by atomic mass is 9.81. The Kier molecular flexibility index (Phi) is 10.0. The van der Waals surface area contributed by atoms with E-state index in [0.29, 0.717) is 42.7 Å². The van der Waals surface area contributed by atoms with Crippen molar-refractivity contribution < 1.29 is 27.5 Å². The molecule has 1 saturated heterocycles. The largest absolute Gasteiger partial charge is 0.497 e. The van der Waals surface area contributed by atoms with Crippen molar-refractivity contribution in [1.82, 2.24) is 28.0 Å². The molecule has 1 N–H and O–H groups in total. The third-order valence-electron chi connectivity index (χ3n) is 10.8. The standard InChI is InChI=1S/C40H50N6O6S/c1-24(2)46-23-41-36(38(46)40(48)44-20-25(3)52-26(4)21-44)30-17-29-18-31(51-7)14-16-32(29)37-35(27-11-9-8-10-12-27)33-15-13-28(19-34(33)45(37)22-30)39(47)42-53(49,50)43(5)6/h13-19,23-27H,8-12,20-22H2,1-7H3,(H,42,47)/t25-,26+. The minimum absolute atomic E-state index is 0.0229. The van der Waals surface area contributed by atoms with Crippen LogP contribution in [0.4, 0.5) is 0 Å². The topological polar surface area (TPSA) is 128 Å². The third-order valence-corrected chi connectivity index (χ3v) is 12.2. The van der Waals surface area contributed by atoms with Gasteiger partial charge in [0, 0.05) is 60.8 Å². The highest BCUT2D eigenvalue weighted by Gasteiger charge is 2.35. The summed E-state index contributed by atoms with van der Waals surface area (Å²) in [5.74, 6) is 0.216. The molecule has 7 rings (SSSR count). The van der Waals surface area contributed by atoms with Crippen molar-refractivity contribution in [3.8, 4) is 17.0 Å². The maximum absolute atomic E-state index is 14.6. The van der Waals surface area contributed by atoms with E-state index in [0.717, 1.165) is 63.3 Å². The molecule has 0 bridgehead atoms. The molecule has 13 heteroatoms. The van der Waals surface area contributed by atoms with Crippen LogP contribution in [0.25, 0.3) is 33.8 Å². The molecule has 2 amide bonds. The summed E-state index contributed by atoms with van der Waals surface area (Å²) in [5, 5.41) is 1.03. The average molecular weight is 743 g/mol. The zero-order valence-electron chi connectivity index (χ0n) is 31.7. The van der Waals surface area contributed by atoms with Gasteiger partial charge in [-0.2, -0.15) is 12.7 Å². The van der Waals surface area contributed by atoms with Crippen LogP contribution in [0.15, 0.2) is 42.7 Å². The zero-order valence-corrected chi connectivity index (χ0v) is 32.5. The molecule has 2 atom stereocenters. The molecule has 282 valence electrons. The number of rotatable bonds is 8. The molecule has 2 aromatic heterocycles. The van der Waals surface area contributed by atoms with Crippen molar-refractivity contribution >= 4 is 44.6 Å². The summed E-state index contributed by atoms with van der Waals surface area (Å²) in [6.45, 7) is 9.40. The lowest BCUT2D eigenvalue weighted by Crippen LogP contribution is -2.48. The number of carbonyl (C=O) groups is 2. The smallest absolute Gasteiger partial charge is 0.303 e. The van der Waals surface area contributed by atoms with Gasteiger partial charge in [-0.1, -0.05) is 25.3 Å². The molecular weight excluding hydrogens is 693 g/mol. The molecular formula is C40H50N6O6S. The summed E-state index contributed by atoms with van der Waals surface area (Å²) in [5.41, 5.74) is 7.27. The summed E-state index contributed by atoms with van der Waals surface area (Å²) in [7, 11) is 0.402. The first kappa shape index (κ1) is 36.9. The van der Waals surface area contributed by atoms with Crippen LogP contribution in [-0.4, -0.2) is 90.1 Å². The minimum Gasteiger partial charge on any atom is -0.497 e. The first-order chi connectivity index (χ1) is 25.3. The number of benzene rings is 2. The molecule has 2 aliphatic heterocycles. The summed E-state index contributed by atoms with van der Waals surface area (Å²) >= 11 is 0. The molecule has 0 unspecified atom stereocenters. The van der Waals surface area contributed by atoms with Crippen molar-refractivity contribution in [3.63, 3.8) is 0 Å². The van der Waals surface area contributed by atoms with E-state index in [1.807, 2.05) is 55.4 Å². The van der Waals surface area contributed by atoms with Crippen LogP contribution in [0.2, 0.25) is 0 Å². The normalized spacial score (nSPS) is 19.6. The number of carbonyl (C=O) groups excluding carboxylic acids is 2. The number of aromatic nitrogens is 3. The highest BCUT2D eigenvalue weighted by Crippen LogP contribution is 2.48. The summed E-state index contributed by atoms with van der Waals surface area (Å²) in [6.07, 6.45) is 9.26. The maximum Gasteiger partial charge on any atom is 0.303 e. The van der Waals surface area contributed by atoms with Crippen molar-refractivity contribution in [3.05, 3.63) is 70.8 Å². The molecule has 3 aliphatic rings. The van der Waals surface area contributed by atoms with Gasteiger partial charge in [-0.05, 0) is 94.0 Å². The van der Waals surface area contributed by atoms with Gasteiger partial charge in [0.2, 0.25) is 0 Å². The lowest BCUT2D eigenvalue weighted by molar-refractivity contribution is -0.0588. The van der Waals surface area contributed by atoms with Gasteiger partial charge in [0.05, 0.1) is 43.6 Å². The Balaban J connectivity index is 1.46. The summed E-state index contributed by atoms with van der Waals surface area (Å²) < 4.78 is 44.4. The average Bonchev–Trinajstić information content (AvgIpc) is 3.66. The Morgan fingerprint density at radius 3 is 2.40 bits per heavy atom. The highest BCUT2D eigenvalue weighted by atomic mass is 32.2. The van der Waals surface area contributed by atoms with Gasteiger partial charge in [0.1, 0.15) is 11.4 Å². The summed E-state index contributed by atoms with van der Waals surface area (Å²) in [4.78, 5) is 34.9. The number of morpholine rings is 1. The molecule has 2 aromatic carbocycles. The number of fused-ring (bicyclic) bond motifs is 5. The number of methoxy groups -OCH3 is 1. The molecule has 1 aliphatic carbocycles. The number of nitrogens with zero attached hydrogens (tertiary/aromatic N) is 5. The lowest BCUT2D eigenvalue weighted by Gasteiger charge is -2.35. The second kappa shape index (κ2) is 14.4. The van der Waals surface area contributed by atoms with Gasteiger partial charge in [0.25, 0.3) is 11.8 Å². The number of imidazole rings is 1. The third kappa shape index (κ3) is 6.90. The summed E-state index contributed by atoms with van der Waals surface area (Å²) in [6, 6.07) is 11.6. The molecule has 53 heavy (non-hydrogen) atoms. The predicted octanol–water partition coefficient (Wildman–Crippen LogP) is 6.48. The van der Waals surface area contributed by atoms with E-state index < -0.39 is 16.1 Å². The second-order valence-corrected chi connectivity index (χ2v) is 17.1. The fraction of sp³-hybridized carbons (Fsp3) is 0.475. The number of ether oxygens (including phenoxy) is 2. The molecule has 4 aromatic rings. The van der Waals surface area contributed by atoms with Gasteiger partial charge in [-0.25, -0.2) is 9.71 Å². The molecule has 4 heterocycles. The van der Waals surface area contributed by atoms with E-state index in [-0.39, 0.29) is 29.7 Å². The first-order valence-corrected chi connectivity index (χ1v) is 20.0. The van der Waals surface area contributed by atoms with E-state index in [1.165, 1.54) is 26.1 Å². The van der Waals surface area contributed by atoms with Gasteiger partial charge < -0.3 is 23.5 Å². The predicted molar refractivity (Wildman–Crippen MR) is 206 cm³/mol. The maximum atomic E-state index is 14.6. The number of hydrogen-bond donors (Lipinski definition) is 1. The minimum atomic E-state index is -4.01. The van der Waals surface area contributed by atoms with Crippen molar-refractivity contribution in [1.29, 1.82) is 0 Å². The highest BCUT2D eigenvalue weighted by molar-refractivity contribution is 7.87. The number of nitrogens with one attached hydrogen (secondary N) is 1. The van der Waals surface area contributed by atoms with Crippen molar-refractivity contribution in [2.24, 2.45) is 0 Å². The Labute approximate surface area is 311 Å². The SMILES string of the molecule is COc1ccc2c(c1)C=C(c1ncn(C(C)C)c1C(=O)N1C[C@@H](C)O[C@@H](C)C1)Cn1c-2c(C2CCCCC2)c2ccc(C(=O)NS(=O)(=O)N(C)C)cc21. The first-order valence-electron chi connectivity index (χ1n) is 18.6. The van der Waals surface area contributed by atoms with Crippen molar-refractivity contribution in [2.75, 3.05) is 34.3 Å². The number of amides is 2. The molecule has 0 radical (unpaired) electrons. The molecule has 12 nitrogen and oxygen atoms in total. The van der Waals surface area contributed by atoms with E-state index in [9.17, 15) is 18.0 Å². The Hall–Kier alpha value is -4.46. The van der Waals surface area contributed by atoms with Gasteiger partial charge >= 0.3 is 10.2 Å². The van der Waals surface area contributed by atoms with E-state index in [2.05, 4.69) is 21.4 Å². The van der Waals surface area contributed by atoms with Crippen LogP contribution in [0, 0.1) is 0 Å². The van der Waals surface area contributed by atoms with Gasteiger partial charge in [-0.3, -0.25) is 9.59 Å². The van der Waals surface area contributed by atoms with Gasteiger partial charge in [-0.15, -0.1) is 0 Å². The van der Waals surface area contributed by atoms with Crippen LogP contribution in [0.1, 0.15) is 109 Å². The molecule has 0 spiro atoms. The van der Waals surface area contributed by atoms with Crippen LogP contribution in [0.5, 0.6) is 5.75 Å². The van der Waals surface area contributed by atoms with Gasteiger partial charge in [0.15, 0.2) is 0 Å². The van der Waals surface area contributed by atoms with E-state index >= 15 is 0 Å². The van der Waals surface area contributed by atoms with Crippen LogP contribution in [-0.2, 0) is 21.5 Å². The van der Waals surface area contributed by atoms with Crippen LogP contribution in [0.3, 0.4) is 0 Å². The fourth-order valence-corrected chi connectivity index (χ4v) is 8.82. The molecule has 2 fully saturated rings. The van der Waals surface area contributed by atoms with E-state index in [4.69, 9.17) is 14.5 Å². The second-order valence-electron chi connectivity index (χ2n) is 15.2. The van der Waals surface area contributed by atoms with Crippen molar-refractivity contribution in [2.45, 2.75) is 90.5 Å². The number of allylic oxidation sites excluding steroid dienone is 1.